The number of para-hydroxylation sites is 1. The smallest absolute Gasteiger partial charge is 0.254 e. The van der Waals surface area contributed by atoms with Crippen LogP contribution in [0, 0.1) is 5.82 Å². The molecule has 2 heterocycles. The molecule has 29 heavy (non-hydrogen) atoms. The number of halogens is 2. The monoisotopic (exact) mass is 449 g/mol. The van der Waals surface area contributed by atoms with Crippen molar-refractivity contribution >= 4 is 32.7 Å². The molecule has 0 fully saturated rings. The SMILES string of the molecule is CN(Cc1cc(Br)ccc1F)C(=O)c1cc(-c2cccnc2)nc2ccccc12. The molecule has 144 valence electrons. The molecule has 6 heteroatoms. The summed E-state index contributed by atoms with van der Waals surface area (Å²) >= 11 is 3.35. The minimum Gasteiger partial charge on any atom is -0.337 e. The van der Waals surface area contributed by atoms with Crippen molar-refractivity contribution in [3.8, 4) is 11.3 Å². The van der Waals surface area contributed by atoms with Gasteiger partial charge in [-0.3, -0.25) is 9.78 Å². The number of rotatable bonds is 4. The van der Waals surface area contributed by atoms with E-state index in [1.165, 1.54) is 11.0 Å². The summed E-state index contributed by atoms with van der Waals surface area (Å²) < 4.78 is 14.9. The lowest BCUT2D eigenvalue weighted by Gasteiger charge is -2.19. The van der Waals surface area contributed by atoms with Crippen LogP contribution in [-0.2, 0) is 6.54 Å². The van der Waals surface area contributed by atoms with Crippen molar-refractivity contribution in [2.45, 2.75) is 6.54 Å². The number of hydrogen-bond acceptors (Lipinski definition) is 3. The number of amides is 1. The standard InChI is InChI=1S/C23H17BrFN3O/c1-28(14-16-11-17(24)8-9-20(16)25)23(29)19-12-22(15-5-4-10-26-13-15)27-21-7-3-2-6-18(19)21/h2-13H,14H2,1H3. The largest absolute Gasteiger partial charge is 0.337 e. The molecule has 0 radical (unpaired) electrons. The summed E-state index contributed by atoms with van der Waals surface area (Å²) in [6, 6.07) is 17.7. The van der Waals surface area contributed by atoms with Crippen LogP contribution in [0.15, 0.2) is 77.5 Å². The van der Waals surface area contributed by atoms with Crippen molar-refractivity contribution in [3.05, 3.63) is 94.5 Å². The van der Waals surface area contributed by atoms with Gasteiger partial charge in [0.15, 0.2) is 0 Å². The topological polar surface area (TPSA) is 46.1 Å². The number of nitrogens with zero attached hydrogens (tertiary/aromatic N) is 3. The first-order valence-electron chi connectivity index (χ1n) is 9.02. The number of benzene rings is 2. The van der Waals surface area contributed by atoms with E-state index in [4.69, 9.17) is 0 Å². The Balaban J connectivity index is 1.75. The number of fused-ring (bicyclic) bond motifs is 1. The second-order valence-corrected chi connectivity index (χ2v) is 7.63. The highest BCUT2D eigenvalue weighted by atomic mass is 79.9. The van der Waals surface area contributed by atoms with Gasteiger partial charge in [0.25, 0.3) is 5.91 Å². The summed E-state index contributed by atoms with van der Waals surface area (Å²) in [6.07, 6.45) is 3.41. The van der Waals surface area contributed by atoms with Crippen LogP contribution in [0.25, 0.3) is 22.2 Å². The molecule has 0 unspecified atom stereocenters. The molecule has 0 aliphatic carbocycles. The number of carbonyl (C=O) groups excluding carboxylic acids is 1. The van der Waals surface area contributed by atoms with Gasteiger partial charge in [0.1, 0.15) is 5.82 Å². The lowest BCUT2D eigenvalue weighted by atomic mass is 10.0. The van der Waals surface area contributed by atoms with Crippen molar-refractivity contribution in [2.75, 3.05) is 7.05 Å². The molecule has 0 bridgehead atoms. The van der Waals surface area contributed by atoms with Gasteiger partial charge in [-0.05, 0) is 42.5 Å². The van der Waals surface area contributed by atoms with E-state index in [0.29, 0.717) is 16.8 Å². The number of carbonyl (C=O) groups is 1. The fourth-order valence-electron chi connectivity index (χ4n) is 3.21. The van der Waals surface area contributed by atoms with Crippen molar-refractivity contribution in [3.63, 3.8) is 0 Å². The maximum atomic E-state index is 14.2. The molecule has 1 amide bonds. The molecule has 4 aromatic rings. The van der Waals surface area contributed by atoms with E-state index >= 15 is 0 Å². The third kappa shape index (κ3) is 4.03. The predicted octanol–water partition coefficient (Wildman–Crippen LogP) is 5.47. The Morgan fingerprint density at radius 2 is 1.93 bits per heavy atom. The Labute approximate surface area is 176 Å². The lowest BCUT2D eigenvalue weighted by molar-refractivity contribution is 0.0785. The lowest BCUT2D eigenvalue weighted by Crippen LogP contribution is -2.27. The van der Waals surface area contributed by atoms with Gasteiger partial charge in [-0.1, -0.05) is 34.1 Å². The Bertz CT molecular complexity index is 1200. The molecular formula is C23H17BrFN3O. The van der Waals surface area contributed by atoms with Gasteiger partial charge in [0, 0.05) is 47.0 Å². The van der Waals surface area contributed by atoms with Crippen LogP contribution in [0.4, 0.5) is 4.39 Å². The van der Waals surface area contributed by atoms with E-state index in [2.05, 4.69) is 25.9 Å². The van der Waals surface area contributed by atoms with Gasteiger partial charge < -0.3 is 4.90 Å². The van der Waals surface area contributed by atoms with Crippen LogP contribution in [-0.4, -0.2) is 27.8 Å². The molecule has 0 aliphatic heterocycles. The molecule has 2 aromatic carbocycles. The zero-order valence-electron chi connectivity index (χ0n) is 15.6. The number of hydrogen-bond donors (Lipinski definition) is 0. The molecule has 4 nitrogen and oxygen atoms in total. The summed E-state index contributed by atoms with van der Waals surface area (Å²) in [5.74, 6) is -0.545. The van der Waals surface area contributed by atoms with Crippen LogP contribution >= 0.6 is 15.9 Å². The average molecular weight is 450 g/mol. The van der Waals surface area contributed by atoms with Crippen LogP contribution in [0.5, 0.6) is 0 Å². The quantitative estimate of drug-likeness (QED) is 0.414. The van der Waals surface area contributed by atoms with Gasteiger partial charge in [0.2, 0.25) is 0 Å². The van der Waals surface area contributed by atoms with E-state index in [-0.39, 0.29) is 18.3 Å². The van der Waals surface area contributed by atoms with E-state index in [1.54, 1.807) is 37.6 Å². The zero-order valence-corrected chi connectivity index (χ0v) is 17.2. The normalized spacial score (nSPS) is 10.9. The number of aromatic nitrogens is 2. The summed E-state index contributed by atoms with van der Waals surface area (Å²) in [6.45, 7) is 0.156. The fraction of sp³-hybridized carbons (Fsp3) is 0.0870. The third-order valence-electron chi connectivity index (χ3n) is 4.67. The van der Waals surface area contributed by atoms with Crippen molar-refractivity contribution in [1.29, 1.82) is 0 Å². The first-order chi connectivity index (χ1) is 14.0. The summed E-state index contributed by atoms with van der Waals surface area (Å²) in [5, 5.41) is 0.756. The second kappa shape index (κ2) is 8.09. The van der Waals surface area contributed by atoms with Crippen molar-refractivity contribution < 1.29 is 9.18 Å². The van der Waals surface area contributed by atoms with Crippen LogP contribution in [0.3, 0.4) is 0 Å². The Kier molecular flexibility index (Phi) is 5.36. The molecule has 0 atom stereocenters. The minimum absolute atomic E-state index is 0.156. The molecule has 0 aliphatic rings. The average Bonchev–Trinajstić information content (AvgIpc) is 2.75. The van der Waals surface area contributed by atoms with Gasteiger partial charge in [-0.15, -0.1) is 0 Å². The minimum atomic E-state index is -0.344. The predicted molar refractivity (Wildman–Crippen MR) is 115 cm³/mol. The molecule has 0 saturated heterocycles. The zero-order chi connectivity index (χ0) is 20.4. The van der Waals surface area contributed by atoms with Gasteiger partial charge in [0.05, 0.1) is 16.8 Å². The maximum Gasteiger partial charge on any atom is 0.254 e. The Morgan fingerprint density at radius 3 is 2.72 bits per heavy atom. The van der Waals surface area contributed by atoms with Crippen molar-refractivity contribution in [2.24, 2.45) is 0 Å². The highest BCUT2D eigenvalue weighted by molar-refractivity contribution is 9.10. The Morgan fingerprint density at radius 1 is 1.10 bits per heavy atom. The number of pyridine rings is 2. The van der Waals surface area contributed by atoms with E-state index < -0.39 is 0 Å². The molecule has 0 saturated carbocycles. The summed E-state index contributed by atoms with van der Waals surface area (Å²) in [7, 11) is 1.67. The van der Waals surface area contributed by atoms with Crippen molar-refractivity contribution in [1.82, 2.24) is 14.9 Å². The highest BCUT2D eigenvalue weighted by Crippen LogP contribution is 2.26. The first-order valence-corrected chi connectivity index (χ1v) is 9.82. The summed E-state index contributed by atoms with van der Waals surface area (Å²) in [4.78, 5) is 23.6. The third-order valence-corrected chi connectivity index (χ3v) is 5.16. The fourth-order valence-corrected chi connectivity index (χ4v) is 3.62. The second-order valence-electron chi connectivity index (χ2n) is 6.71. The van der Waals surface area contributed by atoms with Gasteiger partial charge in [-0.2, -0.15) is 0 Å². The Hall–Kier alpha value is -3.12. The first kappa shape index (κ1) is 19.2. The van der Waals surface area contributed by atoms with E-state index in [1.807, 2.05) is 36.4 Å². The maximum absolute atomic E-state index is 14.2. The van der Waals surface area contributed by atoms with Crippen LogP contribution in [0.2, 0.25) is 0 Å². The highest BCUT2D eigenvalue weighted by Gasteiger charge is 2.19. The molecular weight excluding hydrogens is 433 g/mol. The van der Waals surface area contributed by atoms with Gasteiger partial charge >= 0.3 is 0 Å². The molecule has 0 spiro atoms. The molecule has 4 rings (SSSR count). The van der Waals surface area contributed by atoms with Gasteiger partial charge in [-0.25, -0.2) is 9.37 Å². The summed E-state index contributed by atoms with van der Waals surface area (Å²) in [5.41, 5.74) is 3.18. The molecule has 2 aromatic heterocycles. The van der Waals surface area contributed by atoms with Crippen LogP contribution < -0.4 is 0 Å². The molecule has 0 N–H and O–H groups in total. The van der Waals surface area contributed by atoms with E-state index in [0.717, 1.165) is 20.9 Å². The van der Waals surface area contributed by atoms with Crippen LogP contribution in [0.1, 0.15) is 15.9 Å². The van der Waals surface area contributed by atoms with E-state index in [9.17, 15) is 9.18 Å².